The molecule has 3 rings (SSSR count). The lowest BCUT2D eigenvalue weighted by Gasteiger charge is -2.18. The summed E-state index contributed by atoms with van der Waals surface area (Å²) in [4.78, 5) is 15.1. The van der Waals surface area contributed by atoms with Crippen LogP contribution in [0.3, 0.4) is 0 Å². The average Bonchev–Trinajstić information content (AvgIpc) is 2.86. The van der Waals surface area contributed by atoms with Crippen LogP contribution < -0.4 is 10.6 Å². The summed E-state index contributed by atoms with van der Waals surface area (Å²) in [5.41, 5.74) is 8.71. The summed E-state index contributed by atoms with van der Waals surface area (Å²) in [7, 11) is -3.52. The fraction of sp³-hybridized carbons (Fsp3) is 0.286. The van der Waals surface area contributed by atoms with Crippen molar-refractivity contribution in [1.29, 1.82) is 0 Å². The van der Waals surface area contributed by atoms with Crippen molar-refractivity contribution in [2.75, 3.05) is 10.6 Å². The first-order valence-corrected chi connectivity index (χ1v) is 8.58. The maximum atomic E-state index is 11.9. The van der Waals surface area contributed by atoms with E-state index in [-0.39, 0.29) is 11.4 Å². The lowest BCUT2D eigenvalue weighted by atomic mass is 9.89. The molecule has 0 unspecified atom stereocenters. The number of nitrogens with zero attached hydrogens (tertiary/aromatic N) is 2. The smallest absolute Gasteiger partial charge is 0.269 e. The van der Waals surface area contributed by atoms with Crippen molar-refractivity contribution >= 4 is 15.9 Å². The van der Waals surface area contributed by atoms with E-state index in [2.05, 4.69) is 9.93 Å². The van der Waals surface area contributed by atoms with Crippen molar-refractivity contribution in [2.45, 2.75) is 19.8 Å². The summed E-state index contributed by atoms with van der Waals surface area (Å²) in [6.45, 7) is 1.53. The molecule has 2 aromatic rings. The van der Waals surface area contributed by atoms with Gasteiger partial charge >= 0.3 is 0 Å². The minimum Gasteiger partial charge on any atom is -0.364 e. The van der Waals surface area contributed by atoms with Crippen LogP contribution in [0.4, 0.5) is 0 Å². The number of hydrogen-bond donors (Lipinski definition) is 2. The van der Waals surface area contributed by atoms with Gasteiger partial charge < -0.3 is 5.73 Å². The maximum absolute atomic E-state index is 11.9. The first-order chi connectivity index (χ1) is 10.4. The van der Waals surface area contributed by atoms with Crippen LogP contribution in [0.1, 0.15) is 28.5 Å². The molecular weight excluding hydrogens is 304 g/mol. The zero-order valence-corrected chi connectivity index (χ0v) is 12.9. The molecule has 116 valence electrons. The summed E-state index contributed by atoms with van der Waals surface area (Å²) >= 11 is 0. The highest BCUT2D eigenvalue weighted by Crippen LogP contribution is 2.34. The lowest BCUT2D eigenvalue weighted by molar-refractivity contribution is 0.0994. The molecule has 0 atom stereocenters. The van der Waals surface area contributed by atoms with Crippen molar-refractivity contribution in [2.24, 2.45) is 5.73 Å². The van der Waals surface area contributed by atoms with E-state index in [0.29, 0.717) is 17.7 Å². The Morgan fingerprint density at radius 2 is 2.09 bits per heavy atom. The van der Waals surface area contributed by atoms with Crippen LogP contribution >= 0.6 is 0 Å². The number of amides is 1. The van der Waals surface area contributed by atoms with Gasteiger partial charge in [-0.15, -0.1) is 5.10 Å². The van der Waals surface area contributed by atoms with Gasteiger partial charge in [0, 0.05) is 11.1 Å². The van der Waals surface area contributed by atoms with E-state index >= 15 is 0 Å². The fourth-order valence-electron chi connectivity index (χ4n) is 2.65. The molecule has 22 heavy (non-hydrogen) atoms. The van der Waals surface area contributed by atoms with Gasteiger partial charge in [-0.05, 0) is 25.3 Å². The normalized spacial score (nSPS) is 13.3. The predicted molar refractivity (Wildman–Crippen MR) is 82.4 cm³/mol. The van der Waals surface area contributed by atoms with Crippen molar-refractivity contribution < 1.29 is 13.2 Å². The molecule has 0 spiro atoms. The third-order valence-corrected chi connectivity index (χ3v) is 4.95. The van der Waals surface area contributed by atoms with E-state index in [1.54, 1.807) is 0 Å². The Balaban J connectivity index is 2.23. The molecular formula is C14H16N4O3S. The molecule has 0 bridgehead atoms. The van der Waals surface area contributed by atoms with E-state index in [4.69, 9.17) is 5.73 Å². The fourth-order valence-corrected chi connectivity index (χ4v) is 3.18. The molecule has 7 nitrogen and oxygen atoms in total. The third kappa shape index (κ3) is 2.35. The highest BCUT2D eigenvalue weighted by atomic mass is 32.2. The van der Waals surface area contributed by atoms with Crippen LogP contribution in [0.2, 0.25) is 0 Å². The second kappa shape index (κ2) is 5.13. The van der Waals surface area contributed by atoms with Crippen molar-refractivity contribution in [3.63, 3.8) is 0 Å². The Hall–Kier alpha value is -2.35. The van der Waals surface area contributed by atoms with Gasteiger partial charge in [-0.3, -0.25) is 4.79 Å². The van der Waals surface area contributed by atoms with E-state index in [0.717, 1.165) is 22.3 Å². The zero-order valence-electron chi connectivity index (χ0n) is 12.0. The van der Waals surface area contributed by atoms with E-state index < -0.39 is 15.9 Å². The Bertz CT molecular complexity index is 855. The van der Waals surface area contributed by atoms with Crippen molar-refractivity contribution in [3.05, 3.63) is 41.1 Å². The van der Waals surface area contributed by atoms with Crippen LogP contribution in [0.25, 0.3) is 11.3 Å². The molecule has 1 aromatic carbocycles. The summed E-state index contributed by atoms with van der Waals surface area (Å²) in [6, 6.07) is 7.66. The quantitative estimate of drug-likeness (QED) is 0.862. The number of nitrogens with two attached hydrogens (primary N) is 1. The highest BCUT2D eigenvalue weighted by molar-refractivity contribution is 7.92. The van der Waals surface area contributed by atoms with E-state index in [1.807, 2.05) is 24.3 Å². The van der Waals surface area contributed by atoms with Gasteiger partial charge in [0.05, 0.1) is 11.4 Å². The van der Waals surface area contributed by atoms with Crippen molar-refractivity contribution in [3.8, 4) is 11.3 Å². The number of aryl methyl sites for hydroxylation is 1. The Labute approximate surface area is 128 Å². The first-order valence-electron chi connectivity index (χ1n) is 6.93. The second-order valence-corrected chi connectivity index (χ2v) is 7.09. The van der Waals surface area contributed by atoms with Crippen LogP contribution in [0.15, 0.2) is 24.3 Å². The van der Waals surface area contributed by atoms with Crippen molar-refractivity contribution in [1.82, 2.24) is 9.89 Å². The van der Waals surface area contributed by atoms with Gasteiger partial charge in [0.15, 0.2) is 5.69 Å². The molecule has 1 aliphatic carbocycles. The largest absolute Gasteiger partial charge is 0.364 e. The molecule has 0 saturated heterocycles. The SMILES string of the molecule is CCS(=O)(=O)Nn1nc(C(N)=O)c2c1-c1ccccc1CC2. The van der Waals surface area contributed by atoms with Crippen LogP contribution in [-0.2, 0) is 22.9 Å². The number of carbonyl (C=O) groups excluding carboxylic acids is 1. The summed E-state index contributed by atoms with van der Waals surface area (Å²) in [5, 5.41) is 4.08. The number of benzene rings is 1. The van der Waals surface area contributed by atoms with Gasteiger partial charge in [0.1, 0.15) is 0 Å². The summed E-state index contributed by atoms with van der Waals surface area (Å²) < 4.78 is 23.7. The Morgan fingerprint density at radius 3 is 2.77 bits per heavy atom. The van der Waals surface area contributed by atoms with Gasteiger partial charge in [-0.1, -0.05) is 24.3 Å². The Kier molecular flexibility index (Phi) is 3.40. The third-order valence-electron chi connectivity index (χ3n) is 3.74. The monoisotopic (exact) mass is 320 g/mol. The number of rotatable bonds is 4. The number of aromatic nitrogens is 2. The number of sulfonamides is 1. The second-order valence-electron chi connectivity index (χ2n) is 5.10. The maximum Gasteiger partial charge on any atom is 0.269 e. The minimum absolute atomic E-state index is 0.0881. The molecule has 1 aromatic heterocycles. The molecule has 8 heteroatoms. The van der Waals surface area contributed by atoms with Gasteiger partial charge in [-0.25, -0.2) is 13.2 Å². The molecule has 0 fully saturated rings. The average molecular weight is 320 g/mol. The van der Waals surface area contributed by atoms with Crippen LogP contribution in [-0.4, -0.2) is 30.0 Å². The van der Waals surface area contributed by atoms with E-state index in [1.165, 1.54) is 6.92 Å². The zero-order chi connectivity index (χ0) is 15.9. The molecule has 0 aliphatic heterocycles. The first kappa shape index (κ1) is 14.6. The standard InChI is InChI=1S/C14H16N4O3S/c1-2-22(20,21)17-18-13-10-6-4-3-5-9(10)7-8-11(13)12(16-18)14(15)19/h3-6,17H,2,7-8H2,1H3,(H2,15,19). The summed E-state index contributed by atoms with van der Waals surface area (Å²) in [6.07, 6.45) is 1.36. The molecule has 3 N–H and O–H groups in total. The highest BCUT2D eigenvalue weighted by Gasteiger charge is 2.28. The molecule has 0 saturated carbocycles. The molecule has 1 aliphatic rings. The minimum atomic E-state index is -3.52. The van der Waals surface area contributed by atoms with Gasteiger partial charge in [0.25, 0.3) is 5.91 Å². The number of carbonyl (C=O) groups is 1. The predicted octanol–water partition coefficient (Wildman–Crippen LogP) is 0.641. The van der Waals surface area contributed by atoms with E-state index in [9.17, 15) is 13.2 Å². The number of nitrogens with one attached hydrogen (secondary N) is 1. The molecule has 1 heterocycles. The summed E-state index contributed by atoms with van der Waals surface area (Å²) in [5.74, 6) is -0.750. The molecule has 0 radical (unpaired) electrons. The number of hydrogen-bond acceptors (Lipinski definition) is 4. The van der Waals surface area contributed by atoms with Gasteiger partial charge in [0.2, 0.25) is 10.0 Å². The van der Waals surface area contributed by atoms with Crippen LogP contribution in [0, 0.1) is 0 Å². The number of fused-ring (bicyclic) bond motifs is 3. The Morgan fingerprint density at radius 1 is 1.36 bits per heavy atom. The number of primary amides is 1. The molecule has 1 amide bonds. The topological polar surface area (TPSA) is 107 Å². The van der Waals surface area contributed by atoms with Gasteiger partial charge in [-0.2, -0.15) is 4.79 Å². The van der Waals surface area contributed by atoms with Crippen LogP contribution in [0.5, 0.6) is 0 Å². The lowest BCUT2D eigenvalue weighted by Crippen LogP contribution is -2.27.